The smallest absolute Gasteiger partial charge is 0.0777 e. The Labute approximate surface area is 119 Å². The van der Waals surface area contributed by atoms with Crippen LogP contribution >= 0.6 is 0 Å². The first kappa shape index (κ1) is 16.9. The number of nitrogens with zero attached hydrogens (tertiary/aromatic N) is 1. The summed E-state index contributed by atoms with van der Waals surface area (Å²) < 4.78 is 5.71. The Bertz CT molecular complexity index is 259. The lowest BCUT2D eigenvalue weighted by molar-refractivity contribution is -0.0785. The highest BCUT2D eigenvalue weighted by molar-refractivity contribution is 4.94. The van der Waals surface area contributed by atoms with Gasteiger partial charge in [0.15, 0.2) is 0 Å². The van der Waals surface area contributed by atoms with Crippen molar-refractivity contribution >= 4 is 0 Å². The molecule has 3 heteroatoms. The number of rotatable bonds is 8. The van der Waals surface area contributed by atoms with Crippen molar-refractivity contribution in [3.8, 4) is 0 Å². The lowest BCUT2D eigenvalue weighted by atomic mass is 9.86. The first-order valence-corrected chi connectivity index (χ1v) is 8.00. The summed E-state index contributed by atoms with van der Waals surface area (Å²) >= 11 is 0. The average Bonchev–Trinajstić information content (AvgIpc) is 2.43. The molecule has 0 bridgehead atoms. The first-order valence-electron chi connectivity index (χ1n) is 8.00. The summed E-state index contributed by atoms with van der Waals surface area (Å²) in [6, 6.07) is 0. The van der Waals surface area contributed by atoms with E-state index in [1.807, 2.05) is 7.11 Å². The second kappa shape index (κ2) is 7.61. The van der Waals surface area contributed by atoms with Crippen molar-refractivity contribution in [1.29, 1.82) is 0 Å². The van der Waals surface area contributed by atoms with E-state index >= 15 is 0 Å². The molecule has 1 fully saturated rings. The van der Waals surface area contributed by atoms with Gasteiger partial charge >= 0.3 is 0 Å². The Morgan fingerprint density at radius 3 is 2.63 bits per heavy atom. The van der Waals surface area contributed by atoms with E-state index in [0.29, 0.717) is 0 Å². The van der Waals surface area contributed by atoms with Gasteiger partial charge in [0.2, 0.25) is 0 Å². The van der Waals surface area contributed by atoms with Crippen molar-refractivity contribution < 1.29 is 4.74 Å². The SMILES string of the molecule is CCCCCCC(C)(CN)N1CCCC(C)(OC)C1. The van der Waals surface area contributed by atoms with Gasteiger partial charge in [-0.2, -0.15) is 0 Å². The number of unbranched alkanes of at least 4 members (excludes halogenated alkanes) is 3. The van der Waals surface area contributed by atoms with E-state index in [0.717, 1.165) is 19.5 Å². The summed E-state index contributed by atoms with van der Waals surface area (Å²) in [5, 5.41) is 0. The Hall–Kier alpha value is -0.120. The summed E-state index contributed by atoms with van der Waals surface area (Å²) in [6.07, 6.45) is 8.86. The molecule has 2 unspecified atom stereocenters. The van der Waals surface area contributed by atoms with Crippen molar-refractivity contribution in [2.45, 2.75) is 76.9 Å². The number of ether oxygens (including phenoxy) is 1. The minimum atomic E-state index is 0.0120. The molecule has 0 aliphatic carbocycles. The molecular weight excluding hydrogens is 236 g/mol. The van der Waals surface area contributed by atoms with Crippen LogP contribution in [0.3, 0.4) is 0 Å². The fourth-order valence-electron chi connectivity index (χ4n) is 3.15. The minimum absolute atomic E-state index is 0.0120. The van der Waals surface area contributed by atoms with Crippen LogP contribution in [0.1, 0.15) is 65.7 Å². The molecule has 114 valence electrons. The van der Waals surface area contributed by atoms with Gasteiger partial charge in [-0.05, 0) is 39.7 Å². The molecule has 0 radical (unpaired) electrons. The van der Waals surface area contributed by atoms with Crippen molar-refractivity contribution in [2.75, 3.05) is 26.7 Å². The van der Waals surface area contributed by atoms with Gasteiger partial charge < -0.3 is 10.5 Å². The van der Waals surface area contributed by atoms with Crippen LogP contribution in [0.5, 0.6) is 0 Å². The van der Waals surface area contributed by atoms with E-state index in [1.54, 1.807) is 0 Å². The molecule has 0 spiro atoms. The normalized spacial score (nSPS) is 28.3. The third-order valence-electron chi connectivity index (χ3n) is 4.92. The zero-order valence-corrected chi connectivity index (χ0v) is 13.5. The maximum absolute atomic E-state index is 6.10. The zero-order valence-electron chi connectivity index (χ0n) is 13.5. The van der Waals surface area contributed by atoms with Gasteiger partial charge in [0.05, 0.1) is 5.60 Å². The van der Waals surface area contributed by atoms with Crippen molar-refractivity contribution in [3.63, 3.8) is 0 Å². The molecule has 1 rings (SSSR count). The lowest BCUT2D eigenvalue weighted by Gasteiger charge is -2.48. The summed E-state index contributed by atoms with van der Waals surface area (Å²) in [7, 11) is 1.84. The molecule has 3 nitrogen and oxygen atoms in total. The van der Waals surface area contributed by atoms with Crippen LogP contribution in [0.2, 0.25) is 0 Å². The first-order chi connectivity index (χ1) is 8.99. The number of hydrogen-bond acceptors (Lipinski definition) is 3. The molecule has 2 atom stereocenters. The third kappa shape index (κ3) is 4.73. The van der Waals surface area contributed by atoms with Gasteiger partial charge in [-0.25, -0.2) is 0 Å². The number of hydrogen-bond donors (Lipinski definition) is 1. The van der Waals surface area contributed by atoms with E-state index in [2.05, 4.69) is 25.7 Å². The van der Waals surface area contributed by atoms with Gasteiger partial charge in [-0.1, -0.05) is 32.6 Å². The minimum Gasteiger partial charge on any atom is -0.377 e. The topological polar surface area (TPSA) is 38.5 Å². The maximum Gasteiger partial charge on any atom is 0.0777 e. The van der Waals surface area contributed by atoms with Crippen molar-refractivity contribution in [3.05, 3.63) is 0 Å². The van der Waals surface area contributed by atoms with Crippen molar-refractivity contribution in [1.82, 2.24) is 4.90 Å². The molecule has 0 saturated carbocycles. The Kier molecular flexibility index (Phi) is 6.78. The molecule has 1 saturated heterocycles. The predicted octanol–water partition coefficient (Wildman–Crippen LogP) is 3.18. The molecule has 0 aromatic carbocycles. The Morgan fingerprint density at radius 1 is 1.32 bits per heavy atom. The molecule has 1 aliphatic rings. The second-order valence-electron chi connectivity index (χ2n) is 6.69. The highest BCUT2D eigenvalue weighted by atomic mass is 16.5. The van der Waals surface area contributed by atoms with Gasteiger partial charge in [0, 0.05) is 25.7 Å². The van der Waals surface area contributed by atoms with E-state index in [4.69, 9.17) is 10.5 Å². The van der Waals surface area contributed by atoms with Crippen LogP contribution in [0.25, 0.3) is 0 Å². The summed E-state index contributed by atoms with van der Waals surface area (Å²) in [5.41, 5.74) is 6.26. The molecular formula is C16H34N2O. The van der Waals surface area contributed by atoms with Crippen LogP contribution in [0.15, 0.2) is 0 Å². The van der Waals surface area contributed by atoms with E-state index in [1.165, 1.54) is 45.1 Å². The van der Waals surface area contributed by atoms with E-state index < -0.39 is 0 Å². The molecule has 19 heavy (non-hydrogen) atoms. The van der Waals surface area contributed by atoms with Gasteiger partial charge in [0.25, 0.3) is 0 Å². The molecule has 0 amide bonds. The third-order valence-corrected chi connectivity index (χ3v) is 4.92. The van der Waals surface area contributed by atoms with E-state index in [-0.39, 0.29) is 11.1 Å². The zero-order chi connectivity index (χ0) is 14.4. The fourth-order valence-corrected chi connectivity index (χ4v) is 3.15. The highest BCUT2D eigenvalue weighted by Crippen LogP contribution is 2.31. The van der Waals surface area contributed by atoms with Crippen LogP contribution in [-0.2, 0) is 4.74 Å². The molecule has 0 aromatic heterocycles. The van der Waals surface area contributed by atoms with E-state index in [9.17, 15) is 0 Å². The van der Waals surface area contributed by atoms with Crippen LogP contribution < -0.4 is 5.73 Å². The monoisotopic (exact) mass is 270 g/mol. The number of nitrogens with two attached hydrogens (primary N) is 1. The van der Waals surface area contributed by atoms with Crippen molar-refractivity contribution in [2.24, 2.45) is 5.73 Å². The summed E-state index contributed by atoms with van der Waals surface area (Å²) in [6.45, 7) is 9.76. The number of methoxy groups -OCH3 is 1. The molecule has 1 aliphatic heterocycles. The molecule has 0 aromatic rings. The maximum atomic E-state index is 6.10. The van der Waals surface area contributed by atoms with Crippen LogP contribution in [0, 0.1) is 0 Å². The largest absolute Gasteiger partial charge is 0.377 e. The highest BCUT2D eigenvalue weighted by Gasteiger charge is 2.38. The van der Waals surface area contributed by atoms with Gasteiger partial charge in [0.1, 0.15) is 0 Å². The van der Waals surface area contributed by atoms with Crippen LogP contribution in [-0.4, -0.2) is 42.8 Å². The Morgan fingerprint density at radius 2 is 2.05 bits per heavy atom. The second-order valence-corrected chi connectivity index (χ2v) is 6.69. The average molecular weight is 270 g/mol. The van der Waals surface area contributed by atoms with Crippen LogP contribution in [0.4, 0.5) is 0 Å². The summed E-state index contributed by atoms with van der Waals surface area (Å²) in [4.78, 5) is 2.58. The summed E-state index contributed by atoms with van der Waals surface area (Å²) in [5.74, 6) is 0. The number of likely N-dealkylation sites (tertiary alicyclic amines) is 1. The molecule has 2 N–H and O–H groups in total. The number of piperidine rings is 1. The lowest BCUT2D eigenvalue weighted by Crippen LogP contribution is -2.59. The Balaban J connectivity index is 2.56. The standard InChI is InChI=1S/C16H34N2O/c1-5-6-7-8-10-15(2,13-17)18-12-9-11-16(3,14-18)19-4/h5-14,17H2,1-4H3. The van der Waals surface area contributed by atoms with Gasteiger partial charge in [-0.3, -0.25) is 4.90 Å². The fraction of sp³-hybridized carbons (Fsp3) is 1.00. The van der Waals surface area contributed by atoms with Gasteiger partial charge in [-0.15, -0.1) is 0 Å². The predicted molar refractivity (Wildman–Crippen MR) is 82.4 cm³/mol. The quantitative estimate of drug-likeness (QED) is 0.689. The molecule has 1 heterocycles.